The molecule has 0 bridgehead atoms. The number of esters is 1. The molecule has 0 aliphatic rings. The first kappa shape index (κ1) is 51.5. The Bertz CT molecular complexity index is 2290. The van der Waals surface area contributed by atoms with Crippen molar-refractivity contribution in [2.75, 3.05) is 67.9 Å². The molecule has 11 N–H and O–H groups in total. The van der Waals surface area contributed by atoms with Crippen LogP contribution in [0.4, 0.5) is 33.2 Å². The maximum atomic E-state index is 13.4. The summed E-state index contributed by atoms with van der Waals surface area (Å²) in [4.78, 5) is 71.8. The second-order valence-corrected chi connectivity index (χ2v) is 15.0. The van der Waals surface area contributed by atoms with Crippen molar-refractivity contribution < 1.29 is 42.9 Å². The lowest BCUT2D eigenvalue weighted by Crippen LogP contribution is -2.41. The van der Waals surface area contributed by atoms with Crippen molar-refractivity contribution in [3.05, 3.63) is 83.9 Å². The number of carbonyl (C=O) groups excluding carboxylic acids is 5. The van der Waals surface area contributed by atoms with Gasteiger partial charge in [0.25, 0.3) is 5.91 Å². The van der Waals surface area contributed by atoms with E-state index in [4.69, 9.17) is 41.9 Å². The average molecular weight is 901 g/mol. The highest BCUT2D eigenvalue weighted by Crippen LogP contribution is 2.40. The number of anilines is 4. The Labute approximate surface area is 377 Å². The molecule has 3 aromatic rings. The normalized spacial score (nSPS) is 11.8. The number of nitrogen functional groups attached to an aromatic ring is 1. The van der Waals surface area contributed by atoms with E-state index in [0.717, 1.165) is 0 Å². The number of nitrogens with zero attached hydrogens (tertiary/aromatic N) is 5. The van der Waals surface area contributed by atoms with Crippen LogP contribution in [0.2, 0.25) is 0 Å². The first-order chi connectivity index (χ1) is 30.8. The van der Waals surface area contributed by atoms with Crippen molar-refractivity contribution in [1.82, 2.24) is 15.1 Å². The molecule has 0 aliphatic heterocycles. The van der Waals surface area contributed by atoms with Gasteiger partial charge in [0.15, 0.2) is 0 Å². The summed E-state index contributed by atoms with van der Waals surface area (Å²) >= 11 is 0. The molecule has 0 saturated heterocycles. The minimum Gasteiger partial charge on any atom is -0.491 e. The molecule has 0 radical (unpaired) electrons. The molecule has 0 fully saturated rings. The Balaban J connectivity index is 1.84. The lowest BCUT2D eigenvalue weighted by molar-refractivity contribution is -0.140. The zero-order valence-electron chi connectivity index (χ0n) is 37.6. The molecule has 0 atom stereocenters. The summed E-state index contributed by atoms with van der Waals surface area (Å²) in [5.74, 6) is -1.90. The molecule has 0 saturated carbocycles. The fourth-order valence-electron chi connectivity index (χ4n) is 5.71. The molecule has 2 aromatic carbocycles. The van der Waals surface area contributed by atoms with Crippen molar-refractivity contribution in [3.8, 4) is 11.5 Å². The third kappa shape index (κ3) is 17.5. The quantitative estimate of drug-likeness (QED) is 0.0157. The van der Waals surface area contributed by atoms with E-state index in [-0.39, 0.29) is 79.1 Å². The third-order valence-corrected chi connectivity index (χ3v) is 8.57. The number of carbonyl (C=O) groups is 5. The maximum absolute atomic E-state index is 13.4. The molecule has 0 unspecified atom stereocenters. The smallest absolute Gasteiger partial charge is 0.412 e. The van der Waals surface area contributed by atoms with E-state index in [2.05, 4.69) is 37.8 Å². The van der Waals surface area contributed by atoms with Gasteiger partial charge in [-0.1, -0.05) is 18.2 Å². The fourth-order valence-corrected chi connectivity index (χ4v) is 5.71. The fraction of sp³-hybridized carbons (Fsp3) is 0.364. The van der Waals surface area contributed by atoms with Crippen LogP contribution in [-0.4, -0.2) is 104 Å². The summed E-state index contributed by atoms with van der Waals surface area (Å²) in [6.45, 7) is 13.5. The minimum atomic E-state index is -0.738. The third-order valence-electron chi connectivity index (χ3n) is 8.57. The second-order valence-electron chi connectivity index (χ2n) is 15.0. The van der Waals surface area contributed by atoms with E-state index in [1.807, 2.05) is 0 Å². The lowest BCUT2D eigenvalue weighted by atomic mass is 10.1. The number of hydrogen-bond acceptors (Lipinski definition) is 16. The van der Waals surface area contributed by atoms with E-state index in [0.29, 0.717) is 42.3 Å². The summed E-state index contributed by atoms with van der Waals surface area (Å²) in [6.07, 6.45) is 11.5. The molecular weight excluding hydrogens is 841 g/mol. The van der Waals surface area contributed by atoms with E-state index in [9.17, 15) is 24.0 Å². The molecule has 350 valence electrons. The molecule has 1 heterocycles. The van der Waals surface area contributed by atoms with Crippen LogP contribution in [0.1, 0.15) is 68.2 Å². The topological polar surface area (TPSA) is 308 Å². The number of primary amides is 2. The van der Waals surface area contributed by atoms with Gasteiger partial charge in [0.05, 0.1) is 50.2 Å². The van der Waals surface area contributed by atoms with Crippen LogP contribution in [0.25, 0.3) is 0 Å². The van der Waals surface area contributed by atoms with Crippen LogP contribution in [0, 0.1) is 0 Å². The number of aliphatic imine (C=N–C) groups is 2. The number of aromatic nitrogens is 2. The van der Waals surface area contributed by atoms with Gasteiger partial charge in [-0.15, -0.1) is 0 Å². The largest absolute Gasteiger partial charge is 0.491 e. The van der Waals surface area contributed by atoms with E-state index >= 15 is 0 Å². The number of hydrogen-bond donors (Lipinski definition) is 7. The number of amides is 4. The first-order valence-electron chi connectivity index (χ1n) is 20.4. The molecule has 65 heavy (non-hydrogen) atoms. The number of methoxy groups -OCH3 is 1. The Hall–Kier alpha value is -7.84. The number of rotatable bonds is 25. The van der Waals surface area contributed by atoms with Crippen LogP contribution >= 0.6 is 0 Å². The molecule has 0 aliphatic carbocycles. The average Bonchev–Trinajstić information content (AvgIpc) is 3.68. The van der Waals surface area contributed by atoms with Gasteiger partial charge in [-0.2, -0.15) is 5.10 Å². The maximum Gasteiger partial charge on any atom is 0.412 e. The van der Waals surface area contributed by atoms with Crippen molar-refractivity contribution in [2.45, 2.75) is 59.6 Å². The highest BCUT2D eigenvalue weighted by molar-refractivity contribution is 6.43. The monoisotopic (exact) mass is 900 g/mol. The summed E-state index contributed by atoms with van der Waals surface area (Å²) in [5.41, 5.74) is 25.2. The lowest BCUT2D eigenvalue weighted by Gasteiger charge is -2.28. The van der Waals surface area contributed by atoms with Crippen molar-refractivity contribution in [2.24, 2.45) is 27.2 Å². The molecule has 21 heteroatoms. The number of nitrogens with one attached hydrogen (secondary N) is 3. The Morgan fingerprint density at radius 3 is 2.32 bits per heavy atom. The number of ether oxygens (including phenoxy) is 4. The first-order valence-corrected chi connectivity index (χ1v) is 20.4. The second kappa shape index (κ2) is 25.3. The van der Waals surface area contributed by atoms with Gasteiger partial charge in [0, 0.05) is 49.1 Å². The standard InChI is InChI=1S/C44H60N12O9/c1-8-50-34(20-28(2)45)42(60)52-27-55(39-33(49-6)22-30(41(48)59)24-36(39)64-19-13-14-37(57)62-7)16-10-9-15-51-38-32(46)21-29(40(47)58)23-35(38)63-18-12-11-17-56-26-31(25-53-56)54-43(61)65-44(3,4)5/h9-12,20-26,51H,6,8,13-19,27,45-46H2,1-5,7H3,(H2,47,58)(H2,48,59)(H,52,60)(H,54,61)/b10-9+,12-11+,28-20-,50-34?. The Morgan fingerprint density at radius 2 is 1.68 bits per heavy atom. The van der Waals surface area contributed by atoms with E-state index in [1.54, 1.807) is 74.7 Å². The van der Waals surface area contributed by atoms with Crippen LogP contribution in [-0.2, 0) is 25.6 Å². The number of nitrogens with two attached hydrogens (primary N) is 4. The zero-order valence-corrected chi connectivity index (χ0v) is 37.6. The van der Waals surface area contributed by atoms with Gasteiger partial charge in [-0.25, -0.2) is 4.79 Å². The van der Waals surface area contributed by atoms with E-state index in [1.165, 1.54) is 43.6 Å². The molecule has 4 amide bonds. The molecule has 21 nitrogen and oxygen atoms in total. The Kier molecular flexibility index (Phi) is 20.1. The van der Waals surface area contributed by atoms with Gasteiger partial charge >= 0.3 is 12.1 Å². The molecule has 0 spiro atoms. The number of benzene rings is 2. The van der Waals surface area contributed by atoms with Gasteiger partial charge in [0.2, 0.25) is 11.8 Å². The molecule has 3 rings (SSSR count). The van der Waals surface area contributed by atoms with Gasteiger partial charge in [-0.05, 0) is 84.2 Å². The van der Waals surface area contributed by atoms with Gasteiger partial charge in [-0.3, -0.25) is 39.2 Å². The molecule has 1 aromatic heterocycles. The zero-order chi connectivity index (χ0) is 48.1. The van der Waals surface area contributed by atoms with Crippen molar-refractivity contribution >= 4 is 70.7 Å². The summed E-state index contributed by atoms with van der Waals surface area (Å²) in [5, 5.41) is 13.0. The van der Waals surface area contributed by atoms with Gasteiger partial charge < -0.3 is 57.4 Å². The highest BCUT2D eigenvalue weighted by Gasteiger charge is 2.22. The number of allylic oxidation sites excluding steroid dienone is 2. The van der Waals surface area contributed by atoms with Crippen LogP contribution in [0.15, 0.2) is 82.7 Å². The summed E-state index contributed by atoms with van der Waals surface area (Å²) in [6, 6.07) is 5.82. The Morgan fingerprint density at radius 1 is 0.969 bits per heavy atom. The predicted molar refractivity (Wildman–Crippen MR) is 251 cm³/mol. The van der Waals surface area contributed by atoms with Crippen LogP contribution in [0.3, 0.4) is 0 Å². The SMILES string of the molecule is C=Nc1cc(C(N)=O)cc(OCCCC(=O)OC)c1N(C/C=C/CNc1c(N)cc(C(N)=O)cc1OC/C=C/Cn1cc(NC(=O)OC(C)(C)C)cn1)CNC(=O)C(/C=C(/C)N)=NCC. The van der Waals surface area contributed by atoms with Crippen LogP contribution < -0.4 is 53.3 Å². The van der Waals surface area contributed by atoms with Crippen molar-refractivity contribution in [3.63, 3.8) is 0 Å². The van der Waals surface area contributed by atoms with E-state index < -0.39 is 35.4 Å². The summed E-state index contributed by atoms with van der Waals surface area (Å²) in [7, 11) is 1.29. The minimum absolute atomic E-state index is 0.0607. The summed E-state index contributed by atoms with van der Waals surface area (Å²) < 4.78 is 23.7. The highest BCUT2D eigenvalue weighted by atomic mass is 16.6. The predicted octanol–water partition coefficient (Wildman–Crippen LogP) is 4.18. The molecular formula is C44H60N12O9. The van der Waals surface area contributed by atoms with Crippen molar-refractivity contribution in [1.29, 1.82) is 0 Å². The van der Waals surface area contributed by atoms with Crippen LogP contribution in [0.5, 0.6) is 11.5 Å². The van der Waals surface area contributed by atoms with Gasteiger partial charge in [0.1, 0.15) is 40.8 Å².